The van der Waals surface area contributed by atoms with Gasteiger partial charge in [0.15, 0.2) is 0 Å². The summed E-state index contributed by atoms with van der Waals surface area (Å²) in [5.41, 5.74) is 0. The first-order valence-electron chi connectivity index (χ1n) is 9.92. The van der Waals surface area contributed by atoms with Crippen LogP contribution in [0.5, 0.6) is 0 Å². The third-order valence-corrected chi connectivity index (χ3v) is 4.75. The van der Waals surface area contributed by atoms with Crippen LogP contribution in [0, 0.1) is 12.3 Å². The average Bonchev–Trinajstić information content (AvgIpc) is 2.60. The molecule has 0 aromatic heterocycles. The van der Waals surface area contributed by atoms with Crippen molar-refractivity contribution in [3.05, 3.63) is 25.3 Å². The second-order valence-corrected chi connectivity index (χ2v) is 6.98. The van der Waals surface area contributed by atoms with Crippen molar-refractivity contribution in [2.24, 2.45) is 0 Å². The summed E-state index contributed by atoms with van der Waals surface area (Å²) in [5.74, 6) is 2.83. The van der Waals surface area contributed by atoms with Crippen molar-refractivity contribution in [2.45, 2.75) is 64.2 Å². The molecule has 0 aliphatic carbocycles. The van der Waals surface area contributed by atoms with Crippen molar-refractivity contribution >= 4 is 6.41 Å². The van der Waals surface area contributed by atoms with Crippen molar-refractivity contribution in [1.82, 2.24) is 5.32 Å². The predicted molar refractivity (Wildman–Crippen MR) is 109 cm³/mol. The molecule has 0 spiro atoms. The minimum Gasteiger partial charge on any atom is -0.359 e. The van der Waals surface area contributed by atoms with Crippen molar-refractivity contribution in [2.75, 3.05) is 32.7 Å². The monoisotopic (exact) mass is 347 g/mol. The molecule has 0 atom stereocenters. The third kappa shape index (κ3) is 13.4. The molecule has 0 unspecified atom stereocenters. The van der Waals surface area contributed by atoms with Crippen LogP contribution in [0.1, 0.15) is 64.2 Å². The molecule has 0 bridgehead atoms. The largest absolute Gasteiger partial charge is 0.359 e. The SMILES string of the molecule is C#CC[N+](CC=C)(CC=C)CCCCCCCCCCCCNC=O. The van der Waals surface area contributed by atoms with Gasteiger partial charge in [0.1, 0.15) is 6.54 Å². The molecule has 0 aliphatic heterocycles. The molecule has 0 saturated heterocycles. The van der Waals surface area contributed by atoms with E-state index >= 15 is 0 Å². The average molecular weight is 348 g/mol. The number of carbonyl (C=O) groups is 1. The number of hydrogen-bond acceptors (Lipinski definition) is 1. The second kappa shape index (κ2) is 17.3. The van der Waals surface area contributed by atoms with Gasteiger partial charge in [-0.25, -0.2) is 0 Å². The highest BCUT2D eigenvalue weighted by molar-refractivity contribution is 5.45. The van der Waals surface area contributed by atoms with E-state index in [0.717, 1.165) is 50.0 Å². The molecule has 0 aromatic carbocycles. The maximum atomic E-state index is 10.1. The Labute approximate surface area is 156 Å². The smallest absolute Gasteiger partial charge is 0.207 e. The van der Waals surface area contributed by atoms with Gasteiger partial charge in [0.05, 0.1) is 19.6 Å². The Morgan fingerprint density at radius 1 is 0.840 bits per heavy atom. The molecule has 0 radical (unpaired) electrons. The van der Waals surface area contributed by atoms with E-state index in [2.05, 4.69) is 24.4 Å². The van der Waals surface area contributed by atoms with Crippen LogP contribution >= 0.6 is 0 Å². The van der Waals surface area contributed by atoms with Gasteiger partial charge in [-0.1, -0.05) is 58.1 Å². The summed E-state index contributed by atoms with van der Waals surface area (Å²) < 4.78 is 0.905. The Hall–Kier alpha value is -1.53. The van der Waals surface area contributed by atoms with Crippen LogP contribution in [0.3, 0.4) is 0 Å². The Balaban J connectivity index is 3.63. The normalized spacial score (nSPS) is 10.8. The van der Waals surface area contributed by atoms with Gasteiger partial charge in [-0.05, 0) is 37.3 Å². The van der Waals surface area contributed by atoms with E-state index < -0.39 is 0 Å². The van der Waals surface area contributed by atoms with Crippen molar-refractivity contribution in [3.63, 3.8) is 0 Å². The van der Waals surface area contributed by atoms with E-state index in [0.29, 0.717) is 0 Å². The number of unbranched alkanes of at least 4 members (excludes halogenated alkanes) is 9. The van der Waals surface area contributed by atoms with Gasteiger partial charge in [-0.3, -0.25) is 4.79 Å². The molecule has 0 aliphatic rings. The number of amides is 1. The number of nitrogens with one attached hydrogen (secondary N) is 1. The molecule has 0 saturated carbocycles. The summed E-state index contributed by atoms with van der Waals surface area (Å²) >= 11 is 0. The van der Waals surface area contributed by atoms with Crippen LogP contribution in [0.4, 0.5) is 0 Å². The van der Waals surface area contributed by atoms with E-state index in [-0.39, 0.29) is 0 Å². The Morgan fingerprint density at radius 2 is 1.32 bits per heavy atom. The number of terminal acetylenes is 1. The van der Waals surface area contributed by atoms with Crippen molar-refractivity contribution in [3.8, 4) is 12.3 Å². The number of quaternary nitrogens is 1. The van der Waals surface area contributed by atoms with E-state index in [4.69, 9.17) is 6.42 Å². The molecule has 25 heavy (non-hydrogen) atoms. The molecule has 0 heterocycles. The highest BCUT2D eigenvalue weighted by Gasteiger charge is 2.22. The lowest BCUT2D eigenvalue weighted by Crippen LogP contribution is -2.49. The lowest BCUT2D eigenvalue weighted by molar-refractivity contribution is -0.910. The highest BCUT2D eigenvalue weighted by Crippen LogP contribution is 2.14. The number of nitrogens with zero attached hydrogens (tertiary/aromatic N) is 1. The van der Waals surface area contributed by atoms with Gasteiger partial charge < -0.3 is 9.80 Å². The maximum absolute atomic E-state index is 10.1. The lowest BCUT2D eigenvalue weighted by atomic mass is 10.1. The molecule has 0 fully saturated rings. The van der Waals surface area contributed by atoms with Crippen LogP contribution < -0.4 is 5.32 Å². The Morgan fingerprint density at radius 3 is 1.76 bits per heavy atom. The first-order valence-corrected chi connectivity index (χ1v) is 9.92. The summed E-state index contributed by atoms with van der Waals surface area (Å²) in [4.78, 5) is 10.1. The zero-order valence-corrected chi connectivity index (χ0v) is 16.2. The first kappa shape index (κ1) is 23.5. The van der Waals surface area contributed by atoms with Crippen LogP contribution in [0.2, 0.25) is 0 Å². The third-order valence-electron chi connectivity index (χ3n) is 4.75. The summed E-state index contributed by atoms with van der Waals surface area (Å²) in [6.07, 6.45) is 23.1. The highest BCUT2D eigenvalue weighted by atomic mass is 16.1. The van der Waals surface area contributed by atoms with E-state index in [1.165, 1.54) is 57.8 Å². The molecule has 0 rings (SSSR count). The fraction of sp³-hybridized carbons (Fsp3) is 0.682. The van der Waals surface area contributed by atoms with E-state index in [1.807, 2.05) is 12.2 Å². The van der Waals surface area contributed by atoms with Crippen LogP contribution in [-0.4, -0.2) is 43.6 Å². The van der Waals surface area contributed by atoms with Gasteiger partial charge in [0, 0.05) is 6.54 Å². The quantitative estimate of drug-likeness (QED) is 0.121. The summed E-state index contributed by atoms with van der Waals surface area (Å²) in [6, 6.07) is 0. The summed E-state index contributed by atoms with van der Waals surface area (Å²) in [5, 5.41) is 2.71. The topological polar surface area (TPSA) is 29.1 Å². The summed E-state index contributed by atoms with van der Waals surface area (Å²) in [7, 11) is 0. The van der Waals surface area contributed by atoms with Crippen LogP contribution in [0.25, 0.3) is 0 Å². The summed E-state index contributed by atoms with van der Waals surface area (Å²) in [6.45, 7) is 12.3. The van der Waals surface area contributed by atoms with Crippen LogP contribution in [-0.2, 0) is 4.79 Å². The Bertz CT molecular complexity index is 374. The van der Waals surface area contributed by atoms with Gasteiger partial charge >= 0.3 is 0 Å². The number of rotatable bonds is 19. The van der Waals surface area contributed by atoms with E-state index in [9.17, 15) is 4.79 Å². The molecule has 3 nitrogen and oxygen atoms in total. The zero-order chi connectivity index (χ0) is 18.6. The fourth-order valence-electron chi connectivity index (χ4n) is 3.35. The minimum atomic E-state index is 0.764. The van der Waals surface area contributed by atoms with Crippen molar-refractivity contribution < 1.29 is 9.28 Å². The lowest BCUT2D eigenvalue weighted by Gasteiger charge is -2.35. The molecule has 3 heteroatoms. The van der Waals surface area contributed by atoms with Gasteiger partial charge in [-0.15, -0.1) is 6.42 Å². The standard InChI is InChI=1S/C22H38N2O/c1-4-18-24(19-5-2,20-6-3)21-16-14-12-10-8-7-9-11-13-15-17-23-22-25/h1,5-6,22H,2-3,7-21H2/p+1. The molecular formula is C22H39N2O+. The zero-order valence-electron chi connectivity index (χ0n) is 16.2. The second-order valence-electron chi connectivity index (χ2n) is 6.98. The minimum absolute atomic E-state index is 0.764. The van der Waals surface area contributed by atoms with Gasteiger partial charge in [0.25, 0.3) is 0 Å². The fourth-order valence-corrected chi connectivity index (χ4v) is 3.35. The van der Waals surface area contributed by atoms with Crippen molar-refractivity contribution in [1.29, 1.82) is 0 Å². The molecule has 0 aromatic rings. The first-order chi connectivity index (χ1) is 12.2. The molecule has 142 valence electrons. The van der Waals surface area contributed by atoms with Gasteiger partial charge in [-0.2, -0.15) is 0 Å². The molecule has 1 N–H and O–H groups in total. The molecular weight excluding hydrogens is 308 g/mol. The maximum Gasteiger partial charge on any atom is 0.207 e. The van der Waals surface area contributed by atoms with Crippen LogP contribution in [0.15, 0.2) is 25.3 Å². The predicted octanol–water partition coefficient (Wildman–Crippen LogP) is 4.46. The Kier molecular flexibility index (Phi) is 16.2. The van der Waals surface area contributed by atoms with E-state index in [1.54, 1.807) is 0 Å². The van der Waals surface area contributed by atoms with Gasteiger partial charge in [0.2, 0.25) is 6.41 Å². The number of carbonyl (C=O) groups excluding carboxylic acids is 1. The number of hydrogen-bond donors (Lipinski definition) is 1. The molecule has 1 amide bonds.